The molecule has 9 heteroatoms. The van der Waals surface area contributed by atoms with Crippen molar-refractivity contribution in [1.82, 2.24) is 0 Å². The number of ketones is 2. The van der Waals surface area contributed by atoms with E-state index in [4.69, 9.17) is 0 Å². The molecule has 19 heavy (non-hydrogen) atoms. The van der Waals surface area contributed by atoms with E-state index in [1.54, 1.807) is 0 Å². The average Bonchev–Trinajstić information content (AvgIpc) is 2.52. The Morgan fingerprint density at radius 2 is 1.79 bits per heavy atom. The smallest absolute Gasteiger partial charge is 0.290 e. The Morgan fingerprint density at radius 1 is 1.26 bits per heavy atom. The van der Waals surface area contributed by atoms with Crippen molar-refractivity contribution in [3.63, 3.8) is 0 Å². The first kappa shape index (κ1) is 14.4. The van der Waals surface area contributed by atoms with Crippen molar-refractivity contribution < 1.29 is 35.4 Å². The Balaban J connectivity index is 2.50. The Hall–Kier alpha value is -0.960. The van der Waals surface area contributed by atoms with Crippen LogP contribution in [0, 0.1) is 11.3 Å². The molecule has 2 atom stereocenters. The minimum atomic E-state index is -5.93. The molecule has 2 saturated carbocycles. The van der Waals surface area contributed by atoms with Crippen molar-refractivity contribution in [2.45, 2.75) is 37.8 Å². The van der Waals surface area contributed by atoms with E-state index in [1.165, 1.54) is 13.8 Å². The molecule has 0 aromatic rings. The molecule has 0 aromatic carbocycles. The van der Waals surface area contributed by atoms with Gasteiger partial charge in [-0.1, -0.05) is 13.8 Å². The maximum absolute atomic E-state index is 12.4. The molecule has 0 N–H and O–H groups in total. The Bertz CT molecular complexity index is 562. The maximum atomic E-state index is 12.4. The molecule has 0 aromatic heterocycles. The first-order valence-corrected chi connectivity index (χ1v) is 6.88. The van der Waals surface area contributed by atoms with Gasteiger partial charge in [0.05, 0.1) is 0 Å². The number of fused-ring (bicyclic) bond motifs is 2. The zero-order valence-electron chi connectivity index (χ0n) is 10.1. The fourth-order valence-electron chi connectivity index (χ4n) is 2.96. The highest BCUT2D eigenvalue weighted by Crippen LogP contribution is 2.59. The summed E-state index contributed by atoms with van der Waals surface area (Å²) in [5.41, 5.74) is -9.11. The van der Waals surface area contributed by atoms with Gasteiger partial charge in [-0.2, -0.15) is 21.6 Å². The molecule has 0 saturated heterocycles. The van der Waals surface area contributed by atoms with Crippen molar-refractivity contribution in [1.29, 1.82) is 0 Å². The summed E-state index contributed by atoms with van der Waals surface area (Å²) in [6.45, 7) is 2.75. The quantitative estimate of drug-likeness (QED) is 0.435. The highest BCUT2D eigenvalue weighted by Gasteiger charge is 2.73. The summed E-state index contributed by atoms with van der Waals surface area (Å²) in [5.74, 6) is -2.82. The first-order valence-electron chi connectivity index (χ1n) is 5.47. The topological polar surface area (TPSA) is 77.5 Å². The maximum Gasteiger partial charge on any atom is 0.523 e. The highest BCUT2D eigenvalue weighted by molar-refractivity contribution is 7.87. The van der Waals surface area contributed by atoms with Crippen LogP contribution < -0.4 is 0 Å². The third-order valence-electron chi connectivity index (χ3n) is 4.14. The van der Waals surface area contributed by atoms with Crippen LogP contribution in [0.25, 0.3) is 0 Å². The standard InChI is InChI=1S/C10H11F3O5S/c1-8(2)5-3-4-9(8,7(15)6(5)14)18-19(16,17)10(11,12)13/h5H,3-4H2,1-2H3. The largest absolute Gasteiger partial charge is 0.523 e. The predicted octanol–water partition coefficient (Wildman–Crippen LogP) is 1.18. The fraction of sp³-hybridized carbons (Fsp3) is 0.800. The zero-order valence-corrected chi connectivity index (χ0v) is 10.9. The normalized spacial score (nSPS) is 34.1. The molecule has 0 heterocycles. The monoisotopic (exact) mass is 300 g/mol. The molecule has 2 fully saturated rings. The predicted molar refractivity (Wildman–Crippen MR) is 55.3 cm³/mol. The summed E-state index contributed by atoms with van der Waals surface area (Å²) < 4.78 is 63.6. The second-order valence-corrected chi connectivity index (χ2v) is 6.85. The second kappa shape index (κ2) is 3.57. The van der Waals surface area contributed by atoms with E-state index >= 15 is 0 Å². The van der Waals surface area contributed by atoms with Crippen molar-refractivity contribution in [2.75, 3.05) is 0 Å². The summed E-state index contributed by atoms with van der Waals surface area (Å²) in [5, 5.41) is 0. The van der Waals surface area contributed by atoms with Crippen LogP contribution in [0.2, 0.25) is 0 Å². The van der Waals surface area contributed by atoms with Crippen LogP contribution in [-0.4, -0.2) is 31.1 Å². The lowest BCUT2D eigenvalue weighted by Gasteiger charge is -2.34. The van der Waals surface area contributed by atoms with E-state index < -0.39 is 44.1 Å². The minimum absolute atomic E-state index is 0.144. The van der Waals surface area contributed by atoms with Crippen molar-refractivity contribution >= 4 is 21.7 Å². The molecular formula is C10H11F3O5S. The molecule has 5 nitrogen and oxygen atoms in total. The summed E-state index contributed by atoms with van der Waals surface area (Å²) in [6.07, 6.45) is -0.0600. The number of Topliss-reactive ketones (excluding diaryl/α,β-unsaturated/α-hetero) is 2. The van der Waals surface area contributed by atoms with Gasteiger partial charge in [-0.15, -0.1) is 0 Å². The van der Waals surface area contributed by atoms with Gasteiger partial charge >= 0.3 is 15.6 Å². The number of hydrogen-bond acceptors (Lipinski definition) is 5. The van der Waals surface area contributed by atoms with Crippen LogP contribution >= 0.6 is 0 Å². The molecule has 2 aliphatic carbocycles. The summed E-state index contributed by atoms with van der Waals surface area (Å²) in [7, 11) is -5.93. The fourth-order valence-corrected chi connectivity index (χ4v) is 3.80. The van der Waals surface area contributed by atoms with E-state index in [2.05, 4.69) is 4.18 Å². The third kappa shape index (κ3) is 1.60. The van der Waals surface area contributed by atoms with E-state index in [0.717, 1.165) is 0 Å². The van der Waals surface area contributed by atoms with Crippen molar-refractivity contribution in [3.8, 4) is 0 Å². The zero-order chi connectivity index (χ0) is 14.9. The van der Waals surface area contributed by atoms with Gasteiger partial charge in [0.25, 0.3) is 0 Å². The molecular weight excluding hydrogens is 289 g/mol. The second-order valence-electron chi connectivity index (χ2n) is 5.32. The van der Waals surface area contributed by atoms with E-state index in [9.17, 15) is 31.2 Å². The van der Waals surface area contributed by atoms with Crippen molar-refractivity contribution in [3.05, 3.63) is 0 Å². The van der Waals surface area contributed by atoms with Gasteiger partial charge in [0.2, 0.25) is 11.6 Å². The lowest BCUT2D eigenvalue weighted by molar-refractivity contribution is -0.146. The number of rotatable bonds is 2. The lowest BCUT2D eigenvalue weighted by Crippen LogP contribution is -2.50. The number of halogens is 3. The van der Waals surface area contributed by atoms with Crippen LogP contribution in [0.4, 0.5) is 13.2 Å². The number of hydrogen-bond donors (Lipinski definition) is 0. The van der Waals surface area contributed by atoms with Crippen molar-refractivity contribution in [2.24, 2.45) is 11.3 Å². The van der Waals surface area contributed by atoms with Crippen LogP contribution in [0.15, 0.2) is 0 Å². The van der Waals surface area contributed by atoms with Gasteiger partial charge in [-0.05, 0) is 12.8 Å². The summed E-state index contributed by atoms with van der Waals surface area (Å²) >= 11 is 0. The minimum Gasteiger partial charge on any atom is -0.290 e. The first-order chi connectivity index (χ1) is 8.37. The number of alkyl halides is 3. The molecule has 0 amide bonds. The van der Waals surface area contributed by atoms with E-state index in [1.807, 2.05) is 0 Å². The van der Waals surface area contributed by atoms with Crippen LogP contribution in [0.5, 0.6) is 0 Å². The molecule has 2 bridgehead atoms. The summed E-state index contributed by atoms with van der Waals surface area (Å²) in [4.78, 5) is 23.4. The van der Waals surface area contributed by atoms with Gasteiger partial charge in [-0.25, -0.2) is 4.18 Å². The van der Waals surface area contributed by atoms with Gasteiger partial charge < -0.3 is 0 Å². The van der Waals surface area contributed by atoms with Gasteiger partial charge in [0.1, 0.15) is 0 Å². The Labute approximate surface area is 107 Å². The Kier molecular flexibility index (Phi) is 2.72. The average molecular weight is 300 g/mol. The molecule has 0 radical (unpaired) electrons. The molecule has 2 aliphatic rings. The molecule has 2 unspecified atom stereocenters. The van der Waals surface area contributed by atoms with Crippen LogP contribution in [-0.2, 0) is 23.9 Å². The molecule has 0 aliphatic heterocycles. The molecule has 0 spiro atoms. The van der Waals surface area contributed by atoms with Gasteiger partial charge in [-0.3, -0.25) is 9.59 Å². The van der Waals surface area contributed by atoms with Gasteiger partial charge in [0, 0.05) is 11.3 Å². The third-order valence-corrected chi connectivity index (χ3v) is 5.21. The van der Waals surface area contributed by atoms with E-state index in [0.29, 0.717) is 0 Å². The van der Waals surface area contributed by atoms with Gasteiger partial charge in [0.15, 0.2) is 5.60 Å². The summed E-state index contributed by atoms with van der Waals surface area (Å²) in [6, 6.07) is 0. The molecule has 2 rings (SSSR count). The molecule has 108 valence electrons. The number of carbonyl (C=O) groups is 2. The lowest BCUT2D eigenvalue weighted by atomic mass is 9.78. The van der Waals surface area contributed by atoms with E-state index in [-0.39, 0.29) is 12.8 Å². The van der Waals surface area contributed by atoms with Crippen LogP contribution in [0.1, 0.15) is 26.7 Å². The number of carbonyl (C=O) groups excluding carboxylic acids is 2. The SMILES string of the molecule is CC1(C)C2CCC1(OS(=O)(=O)C(F)(F)F)C(=O)C2=O. The Morgan fingerprint density at radius 3 is 2.16 bits per heavy atom. The van der Waals surface area contributed by atoms with Crippen LogP contribution in [0.3, 0.4) is 0 Å². The highest BCUT2D eigenvalue weighted by atomic mass is 32.2.